The van der Waals surface area contributed by atoms with Crippen LogP contribution in [0.3, 0.4) is 0 Å². The molecule has 5 nitrogen and oxygen atoms in total. The smallest absolute Gasteiger partial charge is 0.416 e. The molecule has 0 N–H and O–H groups in total. The molecule has 2 aliphatic rings. The van der Waals surface area contributed by atoms with Crippen molar-refractivity contribution in [2.75, 3.05) is 32.8 Å². The summed E-state index contributed by atoms with van der Waals surface area (Å²) in [5, 5.41) is 4.60. The largest absolute Gasteiger partial charge is 0.493 e. The standard InChI is InChI=1S/C21H26F3N3O2/c1-26-17(7-9-28-18-4-2-3-16(11-18)21(22,23)24)12-19(25-26)20-14-27(8-10-29-20)13-15-5-6-15/h2-4,11-12,15,20H,5-10,13-14H2,1H3/t20-/m1/s1. The van der Waals surface area contributed by atoms with E-state index in [4.69, 9.17) is 9.47 Å². The SMILES string of the molecule is Cn1nc([C@H]2CN(CC3CC3)CCO2)cc1CCOc1cccc(C(F)(F)F)c1. The number of benzene rings is 1. The molecule has 1 saturated heterocycles. The van der Waals surface area contributed by atoms with Crippen molar-refractivity contribution in [1.29, 1.82) is 0 Å². The lowest BCUT2D eigenvalue weighted by Gasteiger charge is -2.32. The van der Waals surface area contributed by atoms with E-state index < -0.39 is 11.7 Å². The summed E-state index contributed by atoms with van der Waals surface area (Å²) in [7, 11) is 1.87. The highest BCUT2D eigenvalue weighted by atomic mass is 19.4. The molecule has 0 spiro atoms. The second-order valence-corrected chi connectivity index (χ2v) is 7.87. The molecule has 29 heavy (non-hydrogen) atoms. The van der Waals surface area contributed by atoms with E-state index in [-0.39, 0.29) is 18.5 Å². The summed E-state index contributed by atoms with van der Waals surface area (Å²) >= 11 is 0. The van der Waals surface area contributed by atoms with Crippen molar-refractivity contribution in [3.8, 4) is 5.75 Å². The monoisotopic (exact) mass is 409 g/mol. The van der Waals surface area contributed by atoms with Gasteiger partial charge in [0.25, 0.3) is 0 Å². The van der Waals surface area contributed by atoms with E-state index in [1.807, 2.05) is 13.1 Å². The molecule has 0 amide bonds. The van der Waals surface area contributed by atoms with E-state index >= 15 is 0 Å². The fourth-order valence-corrected chi connectivity index (χ4v) is 3.67. The Bertz CT molecular complexity index is 833. The second kappa shape index (κ2) is 8.36. The first-order valence-corrected chi connectivity index (χ1v) is 10.1. The number of hydrogen-bond acceptors (Lipinski definition) is 4. The Morgan fingerprint density at radius 1 is 1.24 bits per heavy atom. The van der Waals surface area contributed by atoms with Gasteiger partial charge in [-0.25, -0.2) is 0 Å². The zero-order chi connectivity index (χ0) is 20.4. The van der Waals surface area contributed by atoms with Crippen molar-refractivity contribution in [3.05, 3.63) is 47.3 Å². The van der Waals surface area contributed by atoms with Gasteiger partial charge in [-0.05, 0) is 43.0 Å². The normalized spacial score (nSPS) is 20.8. The highest BCUT2D eigenvalue weighted by Crippen LogP contribution is 2.32. The van der Waals surface area contributed by atoms with E-state index in [1.54, 1.807) is 4.68 Å². The molecular formula is C21H26F3N3O2. The van der Waals surface area contributed by atoms with Gasteiger partial charge in [-0.1, -0.05) is 6.07 Å². The Labute approximate surface area is 168 Å². The van der Waals surface area contributed by atoms with Crippen LogP contribution >= 0.6 is 0 Å². The minimum Gasteiger partial charge on any atom is -0.493 e. The molecule has 0 radical (unpaired) electrons. The van der Waals surface area contributed by atoms with Gasteiger partial charge in [-0.3, -0.25) is 9.58 Å². The number of alkyl halides is 3. The molecule has 1 aliphatic heterocycles. The molecule has 1 aromatic carbocycles. The highest BCUT2D eigenvalue weighted by molar-refractivity contribution is 5.30. The molecule has 1 aromatic heterocycles. The van der Waals surface area contributed by atoms with Gasteiger partial charge >= 0.3 is 6.18 Å². The van der Waals surface area contributed by atoms with E-state index in [1.165, 1.54) is 25.0 Å². The van der Waals surface area contributed by atoms with Gasteiger partial charge in [0.2, 0.25) is 0 Å². The minimum atomic E-state index is -4.37. The molecule has 1 atom stereocenters. The third kappa shape index (κ3) is 5.30. The van der Waals surface area contributed by atoms with Gasteiger partial charge in [0, 0.05) is 38.8 Å². The molecule has 2 aromatic rings. The molecule has 1 saturated carbocycles. The summed E-state index contributed by atoms with van der Waals surface area (Å²) in [4.78, 5) is 2.46. The first-order chi connectivity index (χ1) is 13.9. The second-order valence-electron chi connectivity index (χ2n) is 7.87. The van der Waals surface area contributed by atoms with Crippen LogP contribution < -0.4 is 4.74 Å². The maximum Gasteiger partial charge on any atom is 0.416 e. The molecule has 158 valence electrons. The van der Waals surface area contributed by atoms with Gasteiger partial charge in [0.1, 0.15) is 11.9 Å². The summed E-state index contributed by atoms with van der Waals surface area (Å²) in [6, 6.07) is 6.97. The number of ether oxygens (including phenoxy) is 2. The highest BCUT2D eigenvalue weighted by Gasteiger charge is 2.31. The summed E-state index contributed by atoms with van der Waals surface area (Å²) < 4.78 is 51.7. The van der Waals surface area contributed by atoms with Crippen LogP contribution in [0.5, 0.6) is 5.75 Å². The first-order valence-electron chi connectivity index (χ1n) is 10.1. The maximum atomic E-state index is 12.8. The fourth-order valence-electron chi connectivity index (χ4n) is 3.67. The van der Waals surface area contributed by atoms with Crippen molar-refractivity contribution >= 4 is 0 Å². The van der Waals surface area contributed by atoms with Gasteiger partial charge in [-0.2, -0.15) is 18.3 Å². The van der Waals surface area contributed by atoms with Crippen LogP contribution in [0, 0.1) is 5.92 Å². The zero-order valence-corrected chi connectivity index (χ0v) is 16.5. The summed E-state index contributed by atoms with van der Waals surface area (Å²) in [5.41, 5.74) is 1.17. The average Bonchev–Trinajstić information content (AvgIpc) is 3.42. The molecule has 0 unspecified atom stereocenters. The van der Waals surface area contributed by atoms with Crippen LogP contribution in [-0.4, -0.2) is 47.5 Å². The maximum absolute atomic E-state index is 12.8. The van der Waals surface area contributed by atoms with Crippen LogP contribution in [0.25, 0.3) is 0 Å². The fraction of sp³-hybridized carbons (Fsp3) is 0.571. The Hall–Kier alpha value is -2.06. The van der Waals surface area contributed by atoms with E-state index in [9.17, 15) is 13.2 Å². The lowest BCUT2D eigenvalue weighted by Crippen LogP contribution is -2.39. The number of aromatic nitrogens is 2. The quantitative estimate of drug-likeness (QED) is 0.697. The minimum absolute atomic E-state index is 0.0353. The molecule has 2 fully saturated rings. The number of hydrogen-bond donors (Lipinski definition) is 0. The summed E-state index contributed by atoms with van der Waals surface area (Å²) in [6.45, 7) is 3.96. The lowest BCUT2D eigenvalue weighted by molar-refractivity contribution is -0.137. The summed E-state index contributed by atoms with van der Waals surface area (Å²) in [5.74, 6) is 1.06. The topological polar surface area (TPSA) is 39.5 Å². The van der Waals surface area contributed by atoms with Crippen LogP contribution in [0.4, 0.5) is 13.2 Å². The van der Waals surface area contributed by atoms with Crippen molar-refractivity contribution in [3.63, 3.8) is 0 Å². The Balaban J connectivity index is 1.32. The number of morpholine rings is 1. The number of halogens is 3. The van der Waals surface area contributed by atoms with Gasteiger partial charge < -0.3 is 9.47 Å². The molecule has 8 heteroatoms. The first kappa shape index (κ1) is 20.2. The van der Waals surface area contributed by atoms with Crippen LogP contribution in [-0.2, 0) is 24.4 Å². The van der Waals surface area contributed by atoms with Crippen LogP contribution in [0.1, 0.15) is 35.9 Å². The van der Waals surface area contributed by atoms with Crippen molar-refractivity contribution in [2.45, 2.75) is 31.5 Å². The Kier molecular flexibility index (Phi) is 5.83. The van der Waals surface area contributed by atoms with Gasteiger partial charge in [0.05, 0.1) is 24.5 Å². The Morgan fingerprint density at radius 3 is 2.83 bits per heavy atom. The van der Waals surface area contributed by atoms with Crippen molar-refractivity contribution < 1.29 is 22.6 Å². The molecule has 4 rings (SSSR count). The van der Waals surface area contributed by atoms with Crippen molar-refractivity contribution in [1.82, 2.24) is 14.7 Å². The predicted octanol–water partition coefficient (Wildman–Crippen LogP) is 3.84. The van der Waals surface area contributed by atoms with E-state index in [0.29, 0.717) is 13.0 Å². The average molecular weight is 409 g/mol. The Morgan fingerprint density at radius 2 is 2.07 bits per heavy atom. The third-order valence-corrected chi connectivity index (χ3v) is 5.48. The number of nitrogens with zero attached hydrogens (tertiary/aromatic N) is 3. The van der Waals surface area contributed by atoms with E-state index in [2.05, 4.69) is 10.00 Å². The van der Waals surface area contributed by atoms with Crippen molar-refractivity contribution in [2.24, 2.45) is 13.0 Å². The predicted molar refractivity (Wildman–Crippen MR) is 102 cm³/mol. The number of aryl methyl sites for hydroxylation is 1. The third-order valence-electron chi connectivity index (χ3n) is 5.48. The van der Waals surface area contributed by atoms with Gasteiger partial charge in [-0.15, -0.1) is 0 Å². The lowest BCUT2D eigenvalue weighted by atomic mass is 10.1. The van der Waals surface area contributed by atoms with Crippen LogP contribution in [0.15, 0.2) is 30.3 Å². The van der Waals surface area contributed by atoms with Crippen LogP contribution in [0.2, 0.25) is 0 Å². The van der Waals surface area contributed by atoms with Gasteiger partial charge in [0.15, 0.2) is 0 Å². The zero-order valence-electron chi connectivity index (χ0n) is 16.5. The molecular weight excluding hydrogens is 383 g/mol. The number of rotatable bonds is 7. The summed E-state index contributed by atoms with van der Waals surface area (Å²) in [6.07, 6.45) is -1.18. The molecule has 0 bridgehead atoms. The molecule has 1 aliphatic carbocycles. The van der Waals surface area contributed by atoms with E-state index in [0.717, 1.165) is 49.1 Å². The molecule has 2 heterocycles.